The monoisotopic (exact) mass is 630 g/mol. The minimum atomic E-state index is -0.431. The molecule has 4 bridgehead atoms. The third kappa shape index (κ3) is 8.78. The zero-order valence-corrected chi connectivity index (χ0v) is 26.5. The summed E-state index contributed by atoms with van der Waals surface area (Å²) in [4.78, 5) is 38.2. The van der Waals surface area contributed by atoms with Gasteiger partial charge in [0.1, 0.15) is 21.6 Å². The van der Waals surface area contributed by atoms with E-state index in [1.54, 1.807) is 6.20 Å². The lowest BCUT2D eigenvalue weighted by Crippen LogP contribution is -2.50. The highest BCUT2D eigenvalue weighted by molar-refractivity contribution is 9.10. The number of amides is 2. The molecule has 2 amide bonds. The van der Waals surface area contributed by atoms with E-state index in [2.05, 4.69) is 36.1 Å². The second-order valence-corrected chi connectivity index (χ2v) is 13.6. The van der Waals surface area contributed by atoms with Gasteiger partial charge in [0.15, 0.2) is 0 Å². The van der Waals surface area contributed by atoms with Gasteiger partial charge in [0.25, 0.3) is 0 Å². The van der Waals surface area contributed by atoms with Gasteiger partial charge in [0.05, 0.1) is 12.1 Å². The molecule has 11 heteroatoms. The van der Waals surface area contributed by atoms with Gasteiger partial charge in [0, 0.05) is 50.7 Å². The minimum Gasteiger partial charge on any atom is -0.444 e. The molecule has 4 aliphatic rings. The predicted molar refractivity (Wildman–Crippen MR) is 162 cm³/mol. The van der Waals surface area contributed by atoms with E-state index in [0.717, 1.165) is 49.4 Å². The first-order valence-electron chi connectivity index (χ1n) is 14.3. The maximum atomic E-state index is 12.2. The molecular weight excluding hydrogens is 588 g/mol. The Morgan fingerprint density at radius 2 is 1.41 bits per heavy atom. The van der Waals surface area contributed by atoms with E-state index in [1.807, 2.05) is 93.9 Å². The molecule has 10 nitrogen and oxygen atoms in total. The van der Waals surface area contributed by atoms with Crippen LogP contribution in [0.1, 0.15) is 54.4 Å². The Labute approximate surface area is 251 Å². The van der Waals surface area contributed by atoms with Crippen LogP contribution in [0.5, 0.6) is 0 Å². The normalized spacial score (nSPS) is 24.3. The molecule has 4 atom stereocenters. The Kier molecular flexibility index (Phi) is 9.79. The predicted octanol–water partition coefficient (Wildman–Crippen LogP) is 5.09. The molecule has 1 N–H and O–H groups in total. The first kappa shape index (κ1) is 31.0. The van der Waals surface area contributed by atoms with Crippen LogP contribution in [0.15, 0.2) is 53.4 Å². The van der Waals surface area contributed by atoms with Crippen LogP contribution in [-0.2, 0) is 9.47 Å². The molecule has 4 fully saturated rings. The smallest absolute Gasteiger partial charge is 0.410 e. The van der Waals surface area contributed by atoms with Gasteiger partial charge in [-0.25, -0.2) is 19.6 Å². The fourth-order valence-electron chi connectivity index (χ4n) is 5.46. The number of pyridine rings is 2. The Balaban J connectivity index is 0.000000159. The lowest BCUT2D eigenvalue weighted by molar-refractivity contribution is 0.0198. The molecule has 4 saturated heterocycles. The highest BCUT2D eigenvalue weighted by atomic mass is 79.9. The number of halogens is 1. The van der Waals surface area contributed by atoms with Crippen molar-refractivity contribution in [3.05, 3.63) is 53.4 Å². The van der Waals surface area contributed by atoms with E-state index in [0.29, 0.717) is 18.1 Å². The summed E-state index contributed by atoms with van der Waals surface area (Å²) < 4.78 is 11.7. The molecule has 0 saturated carbocycles. The van der Waals surface area contributed by atoms with Crippen molar-refractivity contribution in [1.29, 1.82) is 0 Å². The van der Waals surface area contributed by atoms with E-state index >= 15 is 0 Å². The standard InChI is InChI=1S/C15H21N3O2.C10H18N2O2.C5H4BrN/c1-15(2,3)20-14(19)18-10-11-8-12(18)9-17(11)13-6-4-5-7-16-13;1-10(2,3)14-9(13)12-6-7-4-8(12)5-11-7;6-5-3-1-2-4-7-5/h4-7,11-12H,8-10H2,1-3H3;7-8,11H,4-6H2,1-3H3;1-4H/t11-,12-;7-,8-;/m00./s1. The van der Waals surface area contributed by atoms with Crippen molar-refractivity contribution in [3.8, 4) is 0 Å². The first-order chi connectivity index (χ1) is 19.3. The number of ether oxygens (including phenoxy) is 2. The number of hydrogen-bond acceptors (Lipinski definition) is 8. The number of nitrogens with zero attached hydrogens (tertiary/aromatic N) is 5. The number of likely N-dealkylation sites (tertiary alicyclic amines) is 2. The summed E-state index contributed by atoms with van der Waals surface area (Å²) >= 11 is 3.20. The molecule has 4 aliphatic heterocycles. The van der Waals surface area contributed by atoms with Gasteiger partial charge in [0.2, 0.25) is 0 Å². The molecule has 0 unspecified atom stereocenters. The topological polar surface area (TPSA) is 100 Å². The highest BCUT2D eigenvalue weighted by Crippen LogP contribution is 2.34. The quantitative estimate of drug-likeness (QED) is 0.435. The van der Waals surface area contributed by atoms with E-state index in [-0.39, 0.29) is 23.8 Å². The Morgan fingerprint density at radius 1 is 0.805 bits per heavy atom. The van der Waals surface area contributed by atoms with Crippen molar-refractivity contribution in [2.24, 2.45) is 0 Å². The van der Waals surface area contributed by atoms with Gasteiger partial charge in [-0.05, 0) is 94.6 Å². The van der Waals surface area contributed by atoms with Gasteiger partial charge in [-0.1, -0.05) is 12.1 Å². The van der Waals surface area contributed by atoms with Crippen molar-refractivity contribution in [1.82, 2.24) is 25.1 Å². The zero-order chi connectivity index (χ0) is 29.8. The SMILES string of the molecule is Brc1ccccn1.CC(C)(C)OC(=O)N1C[C@@H]2C[C@H]1CN2.CC(C)(C)OC(=O)N1C[C@@H]2C[C@H]1CN2c1ccccn1. The van der Waals surface area contributed by atoms with Gasteiger partial charge in [-0.3, -0.25) is 0 Å². The third-order valence-electron chi connectivity index (χ3n) is 7.13. The van der Waals surface area contributed by atoms with Gasteiger partial charge in [-0.15, -0.1) is 0 Å². The highest BCUT2D eigenvalue weighted by Gasteiger charge is 2.47. The molecule has 0 radical (unpaired) electrons. The largest absolute Gasteiger partial charge is 0.444 e. The number of nitrogens with one attached hydrogen (secondary N) is 1. The molecule has 41 heavy (non-hydrogen) atoms. The number of aromatic nitrogens is 2. The molecule has 2 aromatic heterocycles. The van der Waals surface area contributed by atoms with Crippen LogP contribution in [0.2, 0.25) is 0 Å². The molecule has 0 spiro atoms. The molecule has 224 valence electrons. The maximum Gasteiger partial charge on any atom is 0.410 e. The molecule has 0 aliphatic carbocycles. The van der Waals surface area contributed by atoms with Crippen molar-refractivity contribution >= 4 is 33.9 Å². The van der Waals surface area contributed by atoms with Crippen LogP contribution in [0.3, 0.4) is 0 Å². The first-order valence-corrected chi connectivity index (χ1v) is 15.1. The van der Waals surface area contributed by atoms with Crippen LogP contribution in [0.25, 0.3) is 0 Å². The van der Waals surface area contributed by atoms with Gasteiger partial charge < -0.3 is 29.5 Å². The third-order valence-corrected chi connectivity index (χ3v) is 7.59. The number of fused-ring (bicyclic) bond motifs is 4. The van der Waals surface area contributed by atoms with Gasteiger partial charge >= 0.3 is 12.2 Å². The van der Waals surface area contributed by atoms with Crippen LogP contribution >= 0.6 is 15.9 Å². The number of rotatable bonds is 1. The Bertz CT molecular complexity index is 1160. The summed E-state index contributed by atoms with van der Waals surface area (Å²) in [6.45, 7) is 14.7. The summed E-state index contributed by atoms with van der Waals surface area (Å²) in [5, 5.41) is 3.35. The van der Waals surface area contributed by atoms with Crippen molar-refractivity contribution < 1.29 is 19.1 Å². The fourth-order valence-corrected chi connectivity index (χ4v) is 5.73. The second kappa shape index (κ2) is 12.9. The molecule has 2 aromatic rings. The number of carbonyl (C=O) groups excluding carboxylic acids is 2. The van der Waals surface area contributed by atoms with Gasteiger partial charge in [-0.2, -0.15) is 0 Å². The maximum absolute atomic E-state index is 12.2. The lowest BCUT2D eigenvalue weighted by atomic mass is 10.2. The van der Waals surface area contributed by atoms with E-state index in [9.17, 15) is 9.59 Å². The van der Waals surface area contributed by atoms with Crippen molar-refractivity contribution in [3.63, 3.8) is 0 Å². The fraction of sp³-hybridized carbons (Fsp3) is 0.600. The summed E-state index contributed by atoms with van der Waals surface area (Å²) in [6.07, 6.45) is 5.30. The van der Waals surface area contributed by atoms with E-state index in [4.69, 9.17) is 9.47 Å². The summed E-state index contributed by atoms with van der Waals surface area (Å²) in [5.41, 5.74) is -0.814. The molecular formula is C30H43BrN6O4. The number of carbonyl (C=O) groups is 2. The number of anilines is 1. The van der Waals surface area contributed by atoms with E-state index < -0.39 is 5.60 Å². The van der Waals surface area contributed by atoms with Crippen LogP contribution in [0.4, 0.5) is 15.4 Å². The van der Waals surface area contributed by atoms with Crippen LogP contribution in [0, 0.1) is 0 Å². The lowest BCUT2D eigenvalue weighted by Gasteiger charge is -2.35. The molecule has 6 rings (SSSR count). The zero-order valence-electron chi connectivity index (χ0n) is 24.9. The van der Waals surface area contributed by atoms with Crippen LogP contribution < -0.4 is 10.2 Å². The minimum absolute atomic E-state index is 0.161. The summed E-state index contributed by atoms with van der Waals surface area (Å²) in [7, 11) is 0. The Hall–Kier alpha value is -2.92. The molecule has 6 heterocycles. The summed E-state index contributed by atoms with van der Waals surface area (Å²) in [5.74, 6) is 1.00. The second-order valence-electron chi connectivity index (χ2n) is 12.8. The van der Waals surface area contributed by atoms with Crippen LogP contribution in [-0.4, -0.2) is 93.5 Å². The summed E-state index contributed by atoms with van der Waals surface area (Å²) in [6, 6.07) is 13.1. The Morgan fingerprint density at radius 3 is 1.80 bits per heavy atom. The van der Waals surface area contributed by atoms with Crippen molar-refractivity contribution in [2.45, 2.75) is 89.8 Å². The number of hydrogen-bond donors (Lipinski definition) is 1. The van der Waals surface area contributed by atoms with E-state index in [1.165, 1.54) is 0 Å². The molecule has 0 aromatic carbocycles. The average molecular weight is 632 g/mol. The number of piperazine rings is 2. The van der Waals surface area contributed by atoms with Crippen molar-refractivity contribution in [2.75, 3.05) is 31.1 Å². The average Bonchev–Trinajstić information content (AvgIpc) is 3.70.